The van der Waals surface area contributed by atoms with Gasteiger partial charge in [0.2, 0.25) is 0 Å². The third-order valence-corrected chi connectivity index (χ3v) is 5.41. The zero-order valence-electron chi connectivity index (χ0n) is 15.5. The average Bonchev–Trinajstić information content (AvgIpc) is 3.01. The molecule has 0 aliphatic carbocycles. The molecule has 140 valence electrons. The Hall–Kier alpha value is -2.66. The summed E-state index contributed by atoms with van der Waals surface area (Å²) >= 11 is 0. The van der Waals surface area contributed by atoms with E-state index in [-0.39, 0.29) is 17.7 Å². The van der Waals surface area contributed by atoms with Crippen LogP contribution in [0.5, 0.6) is 11.5 Å². The number of hydrogen-bond acceptors (Lipinski definition) is 4. The van der Waals surface area contributed by atoms with E-state index in [1.807, 2.05) is 12.1 Å². The molecule has 27 heavy (non-hydrogen) atoms. The number of hydrogen-bond donors (Lipinski definition) is 1. The maximum Gasteiger partial charge on any atom is 0.251 e. The Morgan fingerprint density at radius 2 is 1.85 bits per heavy atom. The number of nitrogens with zero attached hydrogens (tertiary/aromatic N) is 1. The van der Waals surface area contributed by atoms with Crippen LogP contribution in [0.15, 0.2) is 48.5 Å². The van der Waals surface area contributed by atoms with E-state index >= 15 is 0 Å². The fraction of sp³-hybridized carbons (Fsp3) is 0.364. The van der Waals surface area contributed by atoms with Gasteiger partial charge in [-0.1, -0.05) is 12.1 Å². The van der Waals surface area contributed by atoms with E-state index in [4.69, 9.17) is 4.74 Å². The zero-order chi connectivity index (χ0) is 18.8. The van der Waals surface area contributed by atoms with Crippen LogP contribution in [0.1, 0.15) is 40.5 Å². The molecule has 5 nitrogen and oxygen atoms in total. The molecule has 2 heterocycles. The first-order valence-electron chi connectivity index (χ1n) is 9.49. The van der Waals surface area contributed by atoms with Crippen molar-refractivity contribution in [1.29, 1.82) is 0 Å². The van der Waals surface area contributed by atoms with Gasteiger partial charge >= 0.3 is 0 Å². The fourth-order valence-corrected chi connectivity index (χ4v) is 4.08. The Labute approximate surface area is 159 Å². The normalized spacial score (nSPS) is 23.7. The molecular formula is C22H24N2O3. The molecular weight excluding hydrogens is 340 g/mol. The van der Waals surface area contributed by atoms with Crippen LogP contribution in [0.25, 0.3) is 0 Å². The van der Waals surface area contributed by atoms with Crippen molar-refractivity contribution >= 4 is 11.7 Å². The number of piperidine rings is 1. The molecule has 3 atom stereocenters. The van der Waals surface area contributed by atoms with Gasteiger partial charge < -0.3 is 15.0 Å². The maximum absolute atomic E-state index is 12.5. The molecule has 2 aromatic carbocycles. The quantitative estimate of drug-likeness (QED) is 0.825. The van der Waals surface area contributed by atoms with Gasteiger partial charge in [-0.05, 0) is 68.6 Å². The van der Waals surface area contributed by atoms with Crippen LogP contribution >= 0.6 is 0 Å². The molecule has 2 bridgehead atoms. The molecule has 0 spiro atoms. The second-order valence-electron chi connectivity index (χ2n) is 7.50. The molecule has 1 unspecified atom stereocenters. The number of nitrogens with one attached hydrogen (secondary N) is 1. The number of rotatable bonds is 5. The molecule has 0 aromatic heterocycles. The SMILES string of the molecule is CC(=O)c1ccccc1Oc1ccc(C(=O)N[C@@H]2C[C@H]3CCN(C3)C2)cc1. The third kappa shape index (κ3) is 4.03. The highest BCUT2D eigenvalue weighted by Gasteiger charge is 2.32. The number of carbonyl (C=O) groups is 2. The Kier molecular flexibility index (Phi) is 4.94. The van der Waals surface area contributed by atoms with E-state index in [1.165, 1.54) is 19.9 Å². The third-order valence-electron chi connectivity index (χ3n) is 5.41. The second-order valence-corrected chi connectivity index (χ2v) is 7.50. The minimum atomic E-state index is -0.0433. The van der Waals surface area contributed by atoms with E-state index in [9.17, 15) is 9.59 Å². The molecule has 0 radical (unpaired) electrons. The first-order valence-corrected chi connectivity index (χ1v) is 9.49. The van der Waals surface area contributed by atoms with Crippen LogP contribution in [-0.4, -0.2) is 42.3 Å². The van der Waals surface area contributed by atoms with Crippen molar-refractivity contribution in [3.05, 3.63) is 59.7 Å². The van der Waals surface area contributed by atoms with E-state index in [0.717, 1.165) is 25.4 Å². The lowest BCUT2D eigenvalue weighted by Crippen LogP contribution is -2.46. The second kappa shape index (κ2) is 7.53. The molecule has 2 saturated heterocycles. The van der Waals surface area contributed by atoms with Gasteiger partial charge in [0.25, 0.3) is 5.91 Å². The van der Waals surface area contributed by atoms with Crippen LogP contribution in [-0.2, 0) is 0 Å². The summed E-state index contributed by atoms with van der Waals surface area (Å²) in [4.78, 5) is 26.7. The molecule has 4 rings (SSSR count). The highest BCUT2D eigenvalue weighted by Crippen LogP contribution is 2.28. The first-order chi connectivity index (χ1) is 13.1. The van der Waals surface area contributed by atoms with Crippen molar-refractivity contribution in [2.24, 2.45) is 5.92 Å². The van der Waals surface area contributed by atoms with Crippen molar-refractivity contribution in [3.63, 3.8) is 0 Å². The van der Waals surface area contributed by atoms with Crippen molar-refractivity contribution < 1.29 is 14.3 Å². The minimum absolute atomic E-state index is 0.0428. The lowest BCUT2D eigenvalue weighted by molar-refractivity contribution is 0.0909. The number of carbonyl (C=O) groups excluding carboxylic acids is 2. The zero-order valence-corrected chi connectivity index (χ0v) is 15.5. The Morgan fingerprint density at radius 1 is 1.07 bits per heavy atom. The molecule has 1 amide bonds. The van der Waals surface area contributed by atoms with Gasteiger partial charge in [0.15, 0.2) is 5.78 Å². The summed E-state index contributed by atoms with van der Waals surface area (Å²) in [7, 11) is 0. The molecule has 0 saturated carbocycles. The van der Waals surface area contributed by atoms with Gasteiger partial charge in [0.1, 0.15) is 11.5 Å². The van der Waals surface area contributed by atoms with Gasteiger partial charge in [-0.3, -0.25) is 9.59 Å². The van der Waals surface area contributed by atoms with E-state index in [0.29, 0.717) is 22.6 Å². The highest BCUT2D eigenvalue weighted by molar-refractivity contribution is 5.97. The van der Waals surface area contributed by atoms with Gasteiger partial charge in [-0.25, -0.2) is 0 Å². The first kappa shape index (κ1) is 17.7. The Balaban J connectivity index is 1.40. The predicted molar refractivity (Wildman–Crippen MR) is 103 cm³/mol. The predicted octanol–water partition coefficient (Wildman–Crippen LogP) is 3.51. The summed E-state index contributed by atoms with van der Waals surface area (Å²) in [6, 6.07) is 14.4. The number of amides is 1. The van der Waals surface area contributed by atoms with Crippen molar-refractivity contribution in [2.45, 2.75) is 25.8 Å². The fourth-order valence-electron chi connectivity index (χ4n) is 4.08. The average molecular weight is 364 g/mol. The summed E-state index contributed by atoms with van der Waals surface area (Å²) < 4.78 is 5.83. The lowest BCUT2D eigenvalue weighted by atomic mass is 9.96. The maximum atomic E-state index is 12.5. The summed E-state index contributed by atoms with van der Waals surface area (Å²) in [5, 5.41) is 3.16. The van der Waals surface area contributed by atoms with E-state index in [2.05, 4.69) is 10.2 Å². The van der Waals surface area contributed by atoms with Gasteiger partial charge in [-0.2, -0.15) is 0 Å². The van der Waals surface area contributed by atoms with Gasteiger partial charge in [0.05, 0.1) is 5.56 Å². The number of fused-ring (bicyclic) bond motifs is 2. The highest BCUT2D eigenvalue weighted by atomic mass is 16.5. The Bertz CT molecular complexity index is 835. The van der Waals surface area contributed by atoms with Gasteiger partial charge in [-0.15, -0.1) is 0 Å². The number of ether oxygens (including phenoxy) is 1. The number of ketones is 1. The topological polar surface area (TPSA) is 58.6 Å². The Morgan fingerprint density at radius 3 is 2.59 bits per heavy atom. The lowest BCUT2D eigenvalue weighted by Gasteiger charge is -2.30. The van der Waals surface area contributed by atoms with Crippen LogP contribution in [0.2, 0.25) is 0 Å². The summed E-state index contributed by atoms with van der Waals surface area (Å²) in [5.41, 5.74) is 1.16. The van der Waals surface area contributed by atoms with Gasteiger partial charge in [0, 0.05) is 24.7 Å². The molecule has 1 N–H and O–H groups in total. The smallest absolute Gasteiger partial charge is 0.251 e. The van der Waals surface area contributed by atoms with E-state index < -0.39 is 0 Å². The largest absolute Gasteiger partial charge is 0.457 e. The number of Topliss-reactive ketones (excluding diaryl/α,β-unsaturated/α-hetero) is 1. The summed E-state index contributed by atoms with van der Waals surface area (Å²) in [6.07, 6.45) is 2.32. The summed E-state index contributed by atoms with van der Waals surface area (Å²) in [6.45, 7) is 4.81. The van der Waals surface area contributed by atoms with Crippen LogP contribution in [0, 0.1) is 5.92 Å². The van der Waals surface area contributed by atoms with Crippen molar-refractivity contribution in [2.75, 3.05) is 19.6 Å². The van der Waals surface area contributed by atoms with Crippen LogP contribution in [0.3, 0.4) is 0 Å². The number of para-hydroxylation sites is 1. The monoisotopic (exact) mass is 364 g/mol. The molecule has 2 fully saturated rings. The number of benzene rings is 2. The summed E-state index contributed by atoms with van der Waals surface area (Å²) in [5.74, 6) is 1.76. The molecule has 2 aromatic rings. The minimum Gasteiger partial charge on any atom is -0.457 e. The molecule has 2 aliphatic rings. The molecule has 2 aliphatic heterocycles. The van der Waals surface area contributed by atoms with Crippen LogP contribution < -0.4 is 10.1 Å². The van der Waals surface area contributed by atoms with E-state index in [1.54, 1.807) is 36.4 Å². The molecule has 5 heteroatoms. The standard InChI is InChI=1S/C22H24N2O3/c1-15(25)20-4-2-3-5-21(20)27-19-8-6-17(7-9-19)22(26)23-18-12-16-10-11-24(13-16)14-18/h2-9,16,18H,10-14H2,1H3,(H,23,26)/t16-,18-/m1/s1. The van der Waals surface area contributed by atoms with Crippen LogP contribution in [0.4, 0.5) is 0 Å². The van der Waals surface area contributed by atoms with Crippen molar-refractivity contribution in [1.82, 2.24) is 10.2 Å². The van der Waals surface area contributed by atoms with Crippen molar-refractivity contribution in [3.8, 4) is 11.5 Å².